The van der Waals surface area contributed by atoms with Crippen LogP contribution in [0.1, 0.15) is 26.7 Å². The number of hydrogen-bond acceptors (Lipinski definition) is 3. The largest absolute Gasteiger partial charge is 0.385 e. The number of nitrogens with zero attached hydrogens (tertiary/aromatic N) is 1. The number of nitrogens with one attached hydrogen (secondary N) is 1. The Morgan fingerprint density at radius 1 is 1.67 bits per heavy atom. The average Bonchev–Trinajstić information content (AvgIpc) is 2.41. The third kappa shape index (κ3) is 1.71. The molecular formula is C10H17N3O2. The Morgan fingerprint density at radius 3 is 2.93 bits per heavy atom. The minimum atomic E-state index is -0.440. The van der Waals surface area contributed by atoms with Crippen LogP contribution in [-0.4, -0.2) is 30.1 Å². The number of amides is 2. The van der Waals surface area contributed by atoms with E-state index in [1.807, 2.05) is 0 Å². The molecule has 5 heteroatoms. The summed E-state index contributed by atoms with van der Waals surface area (Å²) in [6.45, 7) is 4.83. The van der Waals surface area contributed by atoms with Gasteiger partial charge in [0.15, 0.2) is 0 Å². The van der Waals surface area contributed by atoms with E-state index >= 15 is 0 Å². The molecule has 2 aliphatic heterocycles. The van der Waals surface area contributed by atoms with Crippen molar-refractivity contribution in [1.29, 1.82) is 0 Å². The summed E-state index contributed by atoms with van der Waals surface area (Å²) in [6.07, 6.45) is 1.59. The van der Waals surface area contributed by atoms with Gasteiger partial charge in [-0.1, -0.05) is 13.8 Å². The molecule has 15 heavy (non-hydrogen) atoms. The van der Waals surface area contributed by atoms with Crippen molar-refractivity contribution in [3.8, 4) is 0 Å². The number of hydrogen-bond donors (Lipinski definition) is 2. The van der Waals surface area contributed by atoms with Crippen molar-refractivity contribution in [3.63, 3.8) is 0 Å². The Bertz CT molecular complexity index is 314. The van der Waals surface area contributed by atoms with E-state index in [9.17, 15) is 4.79 Å². The SMILES string of the molecule is CC(C)C1CC2(CCO1)NC(=O)N=C2N. The predicted octanol–water partition coefficient (Wildman–Crippen LogP) is 0.641. The number of amidine groups is 1. The third-order valence-corrected chi connectivity index (χ3v) is 3.21. The second-order valence-corrected chi connectivity index (χ2v) is 4.62. The highest BCUT2D eigenvalue weighted by atomic mass is 16.5. The highest BCUT2D eigenvalue weighted by Crippen LogP contribution is 2.31. The summed E-state index contributed by atoms with van der Waals surface area (Å²) in [5, 5.41) is 2.86. The maximum atomic E-state index is 11.2. The Morgan fingerprint density at radius 2 is 2.40 bits per heavy atom. The van der Waals surface area contributed by atoms with Crippen molar-refractivity contribution in [2.45, 2.75) is 38.3 Å². The summed E-state index contributed by atoms with van der Waals surface area (Å²) in [5.74, 6) is 0.842. The first kappa shape index (κ1) is 10.4. The van der Waals surface area contributed by atoms with E-state index in [2.05, 4.69) is 24.2 Å². The fourth-order valence-electron chi connectivity index (χ4n) is 2.18. The maximum Gasteiger partial charge on any atom is 0.343 e. The van der Waals surface area contributed by atoms with Crippen LogP contribution in [0.15, 0.2) is 4.99 Å². The van der Waals surface area contributed by atoms with Gasteiger partial charge in [-0.3, -0.25) is 0 Å². The van der Waals surface area contributed by atoms with Crippen molar-refractivity contribution in [1.82, 2.24) is 5.32 Å². The first-order chi connectivity index (χ1) is 7.03. The molecule has 1 saturated heterocycles. The lowest BCUT2D eigenvalue weighted by molar-refractivity contribution is -0.0325. The molecule has 2 heterocycles. The van der Waals surface area contributed by atoms with Crippen LogP contribution in [0.2, 0.25) is 0 Å². The number of carbonyl (C=O) groups excluding carboxylic acids is 1. The fourth-order valence-corrected chi connectivity index (χ4v) is 2.18. The average molecular weight is 211 g/mol. The molecule has 0 aromatic heterocycles. The minimum Gasteiger partial charge on any atom is -0.385 e. The first-order valence-electron chi connectivity index (χ1n) is 5.32. The van der Waals surface area contributed by atoms with Gasteiger partial charge in [-0.15, -0.1) is 0 Å². The summed E-state index contributed by atoms with van der Waals surface area (Å²) in [5.41, 5.74) is 5.37. The number of rotatable bonds is 1. The third-order valence-electron chi connectivity index (χ3n) is 3.21. The zero-order valence-electron chi connectivity index (χ0n) is 9.12. The lowest BCUT2D eigenvalue weighted by Crippen LogP contribution is -2.57. The lowest BCUT2D eigenvalue weighted by atomic mass is 9.83. The molecular weight excluding hydrogens is 194 g/mol. The molecule has 1 spiro atoms. The molecule has 0 saturated carbocycles. The molecule has 2 amide bonds. The standard InChI is InChI=1S/C10H17N3O2/c1-6(2)7-5-10(3-4-15-7)8(11)12-9(14)13-10/h6-7H,3-5H2,1-2H3,(H3,11,12,13,14). The molecule has 2 aliphatic rings. The summed E-state index contributed by atoms with van der Waals surface area (Å²) in [6, 6.07) is -0.322. The monoisotopic (exact) mass is 211 g/mol. The van der Waals surface area contributed by atoms with Crippen molar-refractivity contribution in [3.05, 3.63) is 0 Å². The highest BCUT2D eigenvalue weighted by Gasteiger charge is 2.45. The van der Waals surface area contributed by atoms with Gasteiger partial charge in [0.2, 0.25) is 0 Å². The van der Waals surface area contributed by atoms with Crippen LogP contribution in [-0.2, 0) is 4.74 Å². The van der Waals surface area contributed by atoms with Crippen molar-refractivity contribution in [2.24, 2.45) is 16.6 Å². The lowest BCUT2D eigenvalue weighted by Gasteiger charge is -2.39. The van der Waals surface area contributed by atoms with Gasteiger partial charge in [-0.25, -0.2) is 4.79 Å². The molecule has 84 valence electrons. The van der Waals surface area contributed by atoms with E-state index in [1.165, 1.54) is 0 Å². The molecule has 2 rings (SSSR count). The predicted molar refractivity (Wildman–Crippen MR) is 56.7 cm³/mol. The van der Waals surface area contributed by atoms with Gasteiger partial charge in [-0.2, -0.15) is 4.99 Å². The molecule has 0 bridgehead atoms. The first-order valence-corrected chi connectivity index (χ1v) is 5.32. The summed E-state index contributed by atoms with van der Waals surface area (Å²) >= 11 is 0. The number of ether oxygens (including phenoxy) is 1. The Balaban J connectivity index is 2.16. The molecule has 0 radical (unpaired) electrons. The maximum absolute atomic E-state index is 11.2. The van der Waals surface area contributed by atoms with Crippen molar-refractivity contribution < 1.29 is 9.53 Å². The van der Waals surface area contributed by atoms with E-state index in [1.54, 1.807) is 0 Å². The van der Waals surface area contributed by atoms with Gasteiger partial charge in [-0.05, 0) is 5.92 Å². The second-order valence-electron chi connectivity index (χ2n) is 4.62. The fraction of sp³-hybridized carbons (Fsp3) is 0.800. The van der Waals surface area contributed by atoms with Crippen molar-refractivity contribution >= 4 is 11.9 Å². The summed E-state index contributed by atoms with van der Waals surface area (Å²) < 4.78 is 5.65. The molecule has 0 aromatic carbocycles. The van der Waals surface area contributed by atoms with Gasteiger partial charge in [0.25, 0.3) is 0 Å². The van der Waals surface area contributed by atoms with Crippen LogP contribution in [0.25, 0.3) is 0 Å². The van der Waals surface area contributed by atoms with E-state index in [-0.39, 0.29) is 12.1 Å². The molecule has 2 unspecified atom stereocenters. The Hall–Kier alpha value is -1.10. The second kappa shape index (κ2) is 3.48. The zero-order chi connectivity index (χ0) is 11.1. The van der Waals surface area contributed by atoms with Gasteiger partial charge < -0.3 is 15.8 Å². The molecule has 2 atom stereocenters. The van der Waals surface area contributed by atoms with Gasteiger partial charge in [0.05, 0.1) is 6.10 Å². The van der Waals surface area contributed by atoms with E-state index < -0.39 is 5.54 Å². The number of aliphatic imine (C=N–C) groups is 1. The molecule has 3 N–H and O–H groups in total. The van der Waals surface area contributed by atoms with Gasteiger partial charge in [0, 0.05) is 19.4 Å². The van der Waals surface area contributed by atoms with E-state index in [4.69, 9.17) is 10.5 Å². The molecule has 1 fully saturated rings. The van der Waals surface area contributed by atoms with E-state index in [0.29, 0.717) is 18.4 Å². The van der Waals surface area contributed by atoms with Crippen LogP contribution in [0.4, 0.5) is 4.79 Å². The number of nitrogens with two attached hydrogens (primary N) is 1. The van der Waals surface area contributed by atoms with Crippen LogP contribution in [0.3, 0.4) is 0 Å². The number of urea groups is 1. The summed E-state index contributed by atoms with van der Waals surface area (Å²) in [4.78, 5) is 14.9. The van der Waals surface area contributed by atoms with Crippen LogP contribution in [0.5, 0.6) is 0 Å². The Kier molecular flexibility index (Phi) is 2.42. The highest BCUT2D eigenvalue weighted by molar-refractivity contribution is 6.05. The van der Waals surface area contributed by atoms with Gasteiger partial charge >= 0.3 is 6.03 Å². The molecule has 0 aromatic rings. The summed E-state index contributed by atoms with van der Waals surface area (Å²) in [7, 11) is 0. The minimum absolute atomic E-state index is 0.144. The van der Waals surface area contributed by atoms with E-state index in [0.717, 1.165) is 12.8 Å². The Labute approximate surface area is 89.1 Å². The van der Waals surface area contributed by atoms with Crippen LogP contribution in [0, 0.1) is 5.92 Å². The van der Waals surface area contributed by atoms with Gasteiger partial charge in [0.1, 0.15) is 11.4 Å². The molecule has 5 nitrogen and oxygen atoms in total. The van der Waals surface area contributed by atoms with Crippen LogP contribution >= 0.6 is 0 Å². The van der Waals surface area contributed by atoms with Crippen LogP contribution < -0.4 is 11.1 Å². The number of carbonyl (C=O) groups is 1. The molecule has 0 aliphatic carbocycles. The topological polar surface area (TPSA) is 76.7 Å². The smallest absolute Gasteiger partial charge is 0.343 e. The quantitative estimate of drug-likeness (QED) is 0.668. The normalized spacial score (nSPS) is 35.8. The zero-order valence-corrected chi connectivity index (χ0v) is 9.12. The van der Waals surface area contributed by atoms with Crippen molar-refractivity contribution in [2.75, 3.05) is 6.61 Å².